The van der Waals surface area contributed by atoms with Gasteiger partial charge in [0.1, 0.15) is 12.4 Å². The van der Waals surface area contributed by atoms with Crippen LogP contribution in [0.25, 0.3) is 0 Å². The molecular formula is C32H36O3. The van der Waals surface area contributed by atoms with Crippen LogP contribution in [0.1, 0.15) is 60.8 Å². The van der Waals surface area contributed by atoms with Crippen molar-refractivity contribution >= 4 is 0 Å². The monoisotopic (exact) mass is 468 g/mol. The van der Waals surface area contributed by atoms with Crippen molar-refractivity contribution in [3.8, 4) is 5.75 Å². The average Bonchev–Trinajstić information content (AvgIpc) is 3.22. The highest BCUT2D eigenvalue weighted by atomic mass is 16.5. The van der Waals surface area contributed by atoms with E-state index in [1.165, 1.54) is 28.7 Å². The topological polar surface area (TPSA) is 38.7 Å². The van der Waals surface area contributed by atoms with Crippen molar-refractivity contribution in [3.05, 3.63) is 101 Å². The SMILES string of the molecule is C[C@]12CC(O)[C@@H]3c4ccc(OCc5ccccc5)cc4CC[C@H]3[C@@H]1CCC2OCc1ccccc1. The summed E-state index contributed by atoms with van der Waals surface area (Å²) in [6, 6.07) is 27.3. The van der Waals surface area contributed by atoms with E-state index in [0.717, 1.165) is 31.4 Å². The van der Waals surface area contributed by atoms with E-state index in [0.29, 0.717) is 25.0 Å². The highest BCUT2D eigenvalue weighted by Crippen LogP contribution is 2.61. The molecule has 3 aromatic rings. The molecule has 0 aromatic heterocycles. The molecule has 6 rings (SSSR count). The Morgan fingerprint density at radius 2 is 1.57 bits per heavy atom. The van der Waals surface area contributed by atoms with Crippen LogP contribution in [0, 0.1) is 17.3 Å². The molecule has 0 saturated heterocycles. The van der Waals surface area contributed by atoms with Gasteiger partial charge in [-0.1, -0.05) is 73.7 Å². The lowest BCUT2D eigenvalue weighted by Gasteiger charge is -2.52. The summed E-state index contributed by atoms with van der Waals surface area (Å²) in [5.74, 6) is 2.29. The highest BCUT2D eigenvalue weighted by Gasteiger charge is 2.58. The molecule has 3 heteroatoms. The number of aryl methyl sites for hydroxylation is 1. The van der Waals surface area contributed by atoms with Gasteiger partial charge >= 0.3 is 0 Å². The predicted octanol–water partition coefficient (Wildman–Crippen LogP) is 6.68. The summed E-state index contributed by atoms with van der Waals surface area (Å²) >= 11 is 0. The number of hydrogen-bond acceptors (Lipinski definition) is 3. The van der Waals surface area contributed by atoms with E-state index >= 15 is 0 Å². The smallest absolute Gasteiger partial charge is 0.120 e. The van der Waals surface area contributed by atoms with Crippen molar-refractivity contribution in [2.45, 2.75) is 70.4 Å². The van der Waals surface area contributed by atoms with Crippen molar-refractivity contribution in [2.24, 2.45) is 17.3 Å². The number of benzene rings is 3. The molecule has 3 nitrogen and oxygen atoms in total. The Balaban J connectivity index is 1.17. The molecule has 0 bridgehead atoms. The maximum absolute atomic E-state index is 11.5. The molecule has 6 atom stereocenters. The number of rotatable bonds is 6. The lowest BCUT2D eigenvalue weighted by Crippen LogP contribution is -2.50. The fourth-order valence-corrected chi connectivity index (χ4v) is 7.47. The van der Waals surface area contributed by atoms with Gasteiger partial charge in [0.05, 0.1) is 18.8 Å². The van der Waals surface area contributed by atoms with Gasteiger partial charge in [-0.25, -0.2) is 0 Å². The third kappa shape index (κ3) is 4.30. The molecule has 3 aliphatic carbocycles. The quantitative estimate of drug-likeness (QED) is 0.439. The lowest BCUT2D eigenvalue weighted by atomic mass is 9.54. The molecule has 182 valence electrons. The third-order valence-corrected chi connectivity index (χ3v) is 9.13. The van der Waals surface area contributed by atoms with E-state index in [-0.39, 0.29) is 23.5 Å². The van der Waals surface area contributed by atoms with E-state index in [1.54, 1.807) is 0 Å². The van der Waals surface area contributed by atoms with Gasteiger partial charge in [0.25, 0.3) is 0 Å². The summed E-state index contributed by atoms with van der Waals surface area (Å²) < 4.78 is 12.6. The summed E-state index contributed by atoms with van der Waals surface area (Å²) in [7, 11) is 0. The van der Waals surface area contributed by atoms with Crippen LogP contribution in [0.5, 0.6) is 5.75 Å². The van der Waals surface area contributed by atoms with Gasteiger partial charge in [0.15, 0.2) is 0 Å². The minimum Gasteiger partial charge on any atom is -0.489 e. The van der Waals surface area contributed by atoms with Crippen LogP contribution >= 0.6 is 0 Å². The summed E-state index contributed by atoms with van der Waals surface area (Å²) in [6.07, 6.45) is 5.23. The van der Waals surface area contributed by atoms with Crippen LogP contribution in [0.3, 0.4) is 0 Å². The van der Waals surface area contributed by atoms with Gasteiger partial charge in [-0.05, 0) is 83.7 Å². The van der Waals surface area contributed by atoms with Gasteiger partial charge < -0.3 is 14.6 Å². The van der Waals surface area contributed by atoms with Gasteiger partial charge in [0.2, 0.25) is 0 Å². The van der Waals surface area contributed by atoms with Crippen molar-refractivity contribution < 1.29 is 14.6 Å². The van der Waals surface area contributed by atoms with E-state index < -0.39 is 0 Å². The van der Waals surface area contributed by atoms with Gasteiger partial charge in [-0.3, -0.25) is 0 Å². The van der Waals surface area contributed by atoms with E-state index in [1.807, 2.05) is 24.3 Å². The standard InChI is InChI=1S/C32H36O3/c1-32-19-29(33)31-26-15-13-25(34-20-22-8-4-2-5-9-22)18-24(26)12-14-27(31)28(32)16-17-30(32)35-21-23-10-6-3-7-11-23/h2-11,13,15,18,27-31,33H,12,14,16-17,19-21H2,1H3/t27-,28-,29?,30?,31+,32-/m0/s1. The molecule has 35 heavy (non-hydrogen) atoms. The maximum Gasteiger partial charge on any atom is 0.120 e. The molecule has 0 spiro atoms. The van der Waals surface area contributed by atoms with E-state index in [9.17, 15) is 5.11 Å². The van der Waals surface area contributed by atoms with Crippen molar-refractivity contribution in [3.63, 3.8) is 0 Å². The Hall–Kier alpha value is -2.62. The van der Waals surface area contributed by atoms with Crippen LogP contribution in [0.15, 0.2) is 78.9 Å². The summed E-state index contributed by atoms with van der Waals surface area (Å²) in [6.45, 7) is 3.63. The second-order valence-corrected chi connectivity index (χ2v) is 11.1. The van der Waals surface area contributed by atoms with Gasteiger partial charge in [-0.15, -0.1) is 0 Å². The minimum absolute atomic E-state index is 0.0472. The predicted molar refractivity (Wildman–Crippen MR) is 138 cm³/mol. The highest BCUT2D eigenvalue weighted by molar-refractivity contribution is 5.41. The fraction of sp³-hybridized carbons (Fsp3) is 0.438. The minimum atomic E-state index is -0.322. The fourth-order valence-electron chi connectivity index (χ4n) is 7.47. The normalized spacial score (nSPS) is 31.3. The maximum atomic E-state index is 11.5. The summed E-state index contributed by atoms with van der Waals surface area (Å²) in [4.78, 5) is 0. The number of aliphatic hydroxyl groups is 1. The number of ether oxygens (including phenoxy) is 2. The molecule has 2 unspecified atom stereocenters. The van der Waals surface area contributed by atoms with Crippen LogP contribution < -0.4 is 4.74 Å². The Bertz CT molecular complexity index is 1140. The van der Waals surface area contributed by atoms with Gasteiger partial charge in [0, 0.05) is 5.92 Å². The Labute approximate surface area is 209 Å². The van der Waals surface area contributed by atoms with Gasteiger partial charge in [-0.2, -0.15) is 0 Å². The van der Waals surface area contributed by atoms with Crippen molar-refractivity contribution in [2.75, 3.05) is 0 Å². The molecule has 1 N–H and O–H groups in total. The van der Waals surface area contributed by atoms with E-state index in [2.05, 4.69) is 61.5 Å². The zero-order valence-corrected chi connectivity index (χ0v) is 20.6. The first-order valence-corrected chi connectivity index (χ1v) is 13.2. The molecule has 2 fully saturated rings. The molecule has 3 aliphatic rings. The number of hydrogen-bond donors (Lipinski definition) is 1. The number of fused-ring (bicyclic) bond motifs is 5. The lowest BCUT2D eigenvalue weighted by molar-refractivity contribution is -0.106. The first-order chi connectivity index (χ1) is 17.1. The average molecular weight is 469 g/mol. The second kappa shape index (κ2) is 9.44. The Morgan fingerprint density at radius 3 is 2.31 bits per heavy atom. The molecule has 2 saturated carbocycles. The molecule has 0 aliphatic heterocycles. The summed E-state index contributed by atoms with van der Waals surface area (Å²) in [5, 5.41) is 11.5. The molecule has 0 amide bonds. The first kappa shape index (κ1) is 22.8. The zero-order valence-electron chi connectivity index (χ0n) is 20.6. The Morgan fingerprint density at radius 1 is 0.857 bits per heavy atom. The first-order valence-electron chi connectivity index (χ1n) is 13.2. The third-order valence-electron chi connectivity index (χ3n) is 9.13. The Kier molecular flexibility index (Phi) is 6.16. The van der Waals surface area contributed by atoms with Crippen molar-refractivity contribution in [1.29, 1.82) is 0 Å². The summed E-state index contributed by atoms with van der Waals surface area (Å²) in [5.41, 5.74) is 5.15. The van der Waals surface area contributed by atoms with Crippen LogP contribution in [-0.2, 0) is 24.4 Å². The van der Waals surface area contributed by atoms with Crippen molar-refractivity contribution in [1.82, 2.24) is 0 Å². The molecule has 3 aromatic carbocycles. The number of aliphatic hydroxyl groups excluding tert-OH is 1. The molecule has 0 heterocycles. The zero-order chi connectivity index (χ0) is 23.8. The van der Waals surface area contributed by atoms with Crippen LogP contribution in [-0.4, -0.2) is 17.3 Å². The van der Waals surface area contributed by atoms with E-state index in [4.69, 9.17) is 9.47 Å². The van der Waals surface area contributed by atoms with Crippen LogP contribution in [0.4, 0.5) is 0 Å². The molecule has 0 radical (unpaired) electrons. The second-order valence-electron chi connectivity index (χ2n) is 11.1. The molecular weight excluding hydrogens is 432 g/mol. The largest absolute Gasteiger partial charge is 0.489 e. The van der Waals surface area contributed by atoms with Crippen LogP contribution in [0.2, 0.25) is 0 Å².